The molecule has 3 heterocycles. The minimum atomic E-state index is -4.83. The van der Waals surface area contributed by atoms with Crippen molar-refractivity contribution in [1.29, 1.82) is 0 Å². The van der Waals surface area contributed by atoms with Crippen molar-refractivity contribution in [2.24, 2.45) is 0 Å². The number of hydrogen-bond donors (Lipinski definition) is 3. The number of nitrogens with zero attached hydrogens (tertiary/aromatic N) is 1. The molecule has 1 fully saturated rings. The topological polar surface area (TPSA) is 132 Å². The molecular formula is C18H19ClFN2O8PS. The van der Waals surface area contributed by atoms with E-state index in [2.05, 4.69) is 4.98 Å². The maximum Gasteiger partial charge on any atom is 0.530 e. The van der Waals surface area contributed by atoms with Crippen molar-refractivity contribution in [3.05, 3.63) is 55.2 Å². The number of aromatic nitrogens is 2. The summed E-state index contributed by atoms with van der Waals surface area (Å²) in [7, 11) is -4.83. The molecule has 0 radical (unpaired) electrons. The van der Waals surface area contributed by atoms with Crippen LogP contribution in [-0.4, -0.2) is 44.4 Å². The quantitative estimate of drug-likeness (QED) is 0.418. The van der Waals surface area contributed by atoms with Crippen molar-refractivity contribution in [2.45, 2.75) is 44.7 Å². The summed E-state index contributed by atoms with van der Waals surface area (Å²) >= 11 is 10.6. The highest BCUT2D eigenvalue weighted by atomic mass is 35.5. The van der Waals surface area contributed by atoms with E-state index < -0.39 is 54.0 Å². The first-order chi connectivity index (χ1) is 16.0. The van der Waals surface area contributed by atoms with Gasteiger partial charge in [-0.25, -0.2) is 8.96 Å². The number of hydrogen-bond acceptors (Lipinski definition) is 9. The zero-order valence-electron chi connectivity index (χ0n) is 19.5. The van der Waals surface area contributed by atoms with E-state index in [1.165, 1.54) is 0 Å². The standard InChI is InChI=1S/C18H19ClFN2O8PS/c1-8-3-9(2)13-10(4-8)6-27-31(26,30-13)28-7-18(20)14(24)12(23)16(29-18)22-5-11(19)15(25)21-17(22)32/h3-5,12,14,16,23-24H,6-7H2,1-2H3,(H,21,25,32)/t12-,14+,16-,18-,31?/m1/s1/i7D2,16D. The van der Waals surface area contributed by atoms with Crippen LogP contribution >= 0.6 is 31.6 Å². The van der Waals surface area contributed by atoms with E-state index in [1.807, 2.05) is 6.92 Å². The van der Waals surface area contributed by atoms with Gasteiger partial charge in [-0.2, -0.15) is 0 Å². The second-order valence-corrected chi connectivity index (χ2v) is 9.47. The first-order valence-corrected chi connectivity index (χ1v) is 11.3. The summed E-state index contributed by atoms with van der Waals surface area (Å²) in [6.45, 7) is -0.678. The van der Waals surface area contributed by atoms with E-state index in [1.54, 1.807) is 19.1 Å². The first-order valence-electron chi connectivity index (χ1n) is 10.6. The number of nitrogens with one attached hydrogen (secondary N) is 1. The zero-order chi connectivity index (χ0) is 26.1. The highest BCUT2D eigenvalue weighted by molar-refractivity contribution is 7.71. The normalized spacial score (nSPS) is 36.0. The summed E-state index contributed by atoms with van der Waals surface area (Å²) in [5.41, 5.74) is 1.03. The summed E-state index contributed by atoms with van der Waals surface area (Å²) in [6.07, 6.45) is -7.54. The second-order valence-electron chi connectivity index (χ2n) is 7.16. The third-order valence-electron chi connectivity index (χ3n) is 4.70. The number of fused-ring (bicyclic) bond motifs is 1. The van der Waals surface area contributed by atoms with Crippen LogP contribution in [0.2, 0.25) is 5.02 Å². The molecule has 10 nitrogen and oxygen atoms in total. The van der Waals surface area contributed by atoms with Gasteiger partial charge in [0.15, 0.2) is 11.0 Å². The molecule has 1 aromatic carbocycles. The van der Waals surface area contributed by atoms with Gasteiger partial charge in [-0.3, -0.25) is 23.4 Å². The number of rotatable bonds is 4. The lowest BCUT2D eigenvalue weighted by atomic mass is 10.1. The fourth-order valence-electron chi connectivity index (χ4n) is 3.23. The Bertz CT molecular complexity index is 1380. The van der Waals surface area contributed by atoms with Gasteiger partial charge in [-0.15, -0.1) is 0 Å². The molecule has 2 aliphatic rings. The molecular weight excluding hydrogens is 490 g/mol. The Hall–Kier alpha value is -1.63. The maximum absolute atomic E-state index is 15.9. The number of aliphatic hydroxyl groups is 2. The van der Waals surface area contributed by atoms with Gasteiger partial charge in [0.25, 0.3) is 11.4 Å². The van der Waals surface area contributed by atoms with Gasteiger partial charge in [0.1, 0.15) is 29.5 Å². The number of H-pyrrole nitrogens is 1. The van der Waals surface area contributed by atoms with Gasteiger partial charge < -0.3 is 19.5 Å². The number of aryl methyl sites for hydroxylation is 2. The van der Waals surface area contributed by atoms with E-state index in [-0.39, 0.29) is 12.4 Å². The largest absolute Gasteiger partial charge is 0.530 e. The monoisotopic (exact) mass is 511 g/mol. The molecule has 0 aliphatic carbocycles. The van der Waals surface area contributed by atoms with Crippen LogP contribution in [-0.2, 0) is 25.0 Å². The Morgan fingerprint density at radius 1 is 1.53 bits per heavy atom. The molecule has 0 spiro atoms. The molecule has 0 saturated carbocycles. The molecule has 1 aromatic heterocycles. The van der Waals surface area contributed by atoms with Crippen LogP contribution in [0.5, 0.6) is 5.75 Å². The van der Waals surface area contributed by atoms with Crippen molar-refractivity contribution in [3.63, 3.8) is 0 Å². The number of aliphatic hydroxyl groups excluding tert-OH is 2. The highest BCUT2D eigenvalue weighted by Crippen LogP contribution is 2.56. The third-order valence-corrected chi connectivity index (χ3v) is 6.43. The minimum Gasteiger partial charge on any atom is -0.403 e. The van der Waals surface area contributed by atoms with Gasteiger partial charge in [0.05, 0.1) is 10.7 Å². The fraction of sp³-hybridized carbons (Fsp3) is 0.444. The van der Waals surface area contributed by atoms with Crippen LogP contribution in [0.25, 0.3) is 0 Å². The zero-order valence-corrected chi connectivity index (χ0v) is 19.0. The van der Waals surface area contributed by atoms with E-state index in [0.29, 0.717) is 15.7 Å². The van der Waals surface area contributed by atoms with Crippen molar-refractivity contribution < 1.29 is 41.6 Å². The van der Waals surface area contributed by atoms with Crippen molar-refractivity contribution >= 4 is 31.6 Å². The second kappa shape index (κ2) is 8.30. The van der Waals surface area contributed by atoms with Crippen LogP contribution in [0.1, 0.15) is 27.0 Å². The van der Waals surface area contributed by atoms with Gasteiger partial charge in [0, 0.05) is 11.8 Å². The Balaban J connectivity index is 1.68. The van der Waals surface area contributed by atoms with Gasteiger partial charge in [-0.05, 0) is 31.6 Å². The predicted octanol–water partition coefficient (Wildman–Crippen LogP) is 2.83. The van der Waals surface area contributed by atoms with Crippen LogP contribution in [0.4, 0.5) is 4.39 Å². The molecule has 2 aliphatic heterocycles. The number of aromatic amines is 1. The Morgan fingerprint density at radius 3 is 2.97 bits per heavy atom. The molecule has 174 valence electrons. The Kier molecular flexibility index (Phi) is 5.14. The molecule has 3 N–H and O–H groups in total. The molecule has 1 saturated heterocycles. The number of alkyl halides is 1. The van der Waals surface area contributed by atoms with E-state index in [0.717, 1.165) is 11.8 Å². The maximum atomic E-state index is 15.9. The summed E-state index contributed by atoms with van der Waals surface area (Å²) in [6, 6.07) is 3.39. The molecule has 5 atom stereocenters. The molecule has 4 rings (SSSR count). The highest BCUT2D eigenvalue weighted by Gasteiger charge is 2.57. The summed E-state index contributed by atoms with van der Waals surface area (Å²) in [5.74, 6) is -3.91. The number of halogens is 2. The minimum absolute atomic E-state index is 0.0887. The fourth-order valence-corrected chi connectivity index (χ4v) is 4.77. The predicted molar refractivity (Wildman–Crippen MR) is 112 cm³/mol. The molecule has 0 amide bonds. The number of ether oxygens (including phenoxy) is 1. The molecule has 2 aromatic rings. The molecule has 32 heavy (non-hydrogen) atoms. The Labute approximate surface area is 195 Å². The van der Waals surface area contributed by atoms with Gasteiger partial charge in [-0.1, -0.05) is 29.3 Å². The average Bonchev–Trinajstić information content (AvgIpc) is 2.93. The van der Waals surface area contributed by atoms with Crippen molar-refractivity contribution in [2.75, 3.05) is 6.56 Å². The molecule has 1 unspecified atom stereocenters. The van der Waals surface area contributed by atoms with Crippen molar-refractivity contribution in [1.82, 2.24) is 9.55 Å². The molecule has 0 bridgehead atoms. The average molecular weight is 512 g/mol. The number of benzene rings is 1. The smallest absolute Gasteiger partial charge is 0.403 e. The van der Waals surface area contributed by atoms with Crippen LogP contribution < -0.4 is 10.1 Å². The first kappa shape index (κ1) is 19.8. The van der Waals surface area contributed by atoms with Crippen LogP contribution in [0.15, 0.2) is 23.1 Å². The SMILES string of the molecule is [2H]C([2H])(OP1(=O)OCc2cc(C)cc(C)c2O1)[C@@]1(F)O[C@@]([2H])(n2cc(Cl)c(=O)[nH]c2=S)[C@H](O)[C@@H]1O. The van der Waals surface area contributed by atoms with Crippen molar-refractivity contribution in [3.8, 4) is 5.75 Å². The summed E-state index contributed by atoms with van der Waals surface area (Å²) < 4.78 is 73.6. The number of phosphoric ester groups is 1. The van der Waals surface area contributed by atoms with Gasteiger partial charge in [0.2, 0.25) is 0 Å². The molecule has 14 heteroatoms. The Morgan fingerprint density at radius 2 is 2.25 bits per heavy atom. The lowest BCUT2D eigenvalue weighted by molar-refractivity contribution is -0.205. The summed E-state index contributed by atoms with van der Waals surface area (Å²) in [5, 5.41) is 20.3. The van der Waals surface area contributed by atoms with E-state index >= 15 is 4.39 Å². The third kappa shape index (κ3) is 4.17. The van der Waals surface area contributed by atoms with Gasteiger partial charge >= 0.3 is 7.82 Å². The number of phosphoric acid groups is 1. The lowest BCUT2D eigenvalue weighted by Gasteiger charge is -2.29. The lowest BCUT2D eigenvalue weighted by Crippen LogP contribution is -2.43. The van der Waals surface area contributed by atoms with Crippen LogP contribution in [0, 0.1) is 18.6 Å². The summed E-state index contributed by atoms with van der Waals surface area (Å²) in [4.78, 5) is 13.7. The van der Waals surface area contributed by atoms with E-state index in [9.17, 15) is 19.6 Å². The van der Waals surface area contributed by atoms with E-state index in [4.69, 9.17) is 46.2 Å². The van der Waals surface area contributed by atoms with Crippen LogP contribution in [0.3, 0.4) is 0 Å².